The quantitative estimate of drug-likeness (QED) is 0.714. The molecule has 2 aromatic rings. The van der Waals surface area contributed by atoms with Crippen LogP contribution in [-0.2, 0) is 0 Å². The molecule has 0 amide bonds. The molecule has 0 aliphatic carbocycles. The summed E-state index contributed by atoms with van der Waals surface area (Å²) >= 11 is 5.87. The van der Waals surface area contributed by atoms with Crippen molar-refractivity contribution in [2.45, 2.75) is 6.92 Å². The van der Waals surface area contributed by atoms with Crippen LogP contribution in [0.3, 0.4) is 0 Å². The monoisotopic (exact) mass is 204 g/mol. The molecule has 0 spiro atoms. The topological polar surface area (TPSA) is 25.8 Å². The maximum absolute atomic E-state index is 5.87. The predicted molar refractivity (Wildman–Crippen MR) is 57.2 cm³/mol. The molecule has 14 heavy (non-hydrogen) atoms. The predicted octanol–water partition coefficient (Wildman–Crippen LogP) is 3.11. The van der Waals surface area contributed by atoms with Gasteiger partial charge < -0.3 is 0 Å². The third-order valence-electron chi connectivity index (χ3n) is 1.86. The Morgan fingerprint density at radius 1 is 1.14 bits per heavy atom. The molecule has 1 aromatic carbocycles. The lowest BCUT2D eigenvalue weighted by atomic mass is 10.2. The Kier molecular flexibility index (Phi) is 2.46. The number of aryl methyl sites for hydroxylation is 1. The molecule has 0 atom stereocenters. The van der Waals surface area contributed by atoms with Gasteiger partial charge in [0.2, 0.25) is 0 Å². The van der Waals surface area contributed by atoms with Crippen molar-refractivity contribution >= 4 is 11.6 Å². The molecule has 3 heteroatoms. The molecule has 0 saturated carbocycles. The van der Waals surface area contributed by atoms with Crippen molar-refractivity contribution in [3.8, 4) is 11.4 Å². The third-order valence-corrected chi connectivity index (χ3v) is 2.10. The van der Waals surface area contributed by atoms with Crippen molar-refractivity contribution in [1.29, 1.82) is 0 Å². The van der Waals surface area contributed by atoms with Crippen LogP contribution >= 0.6 is 11.6 Å². The largest absolute Gasteiger partial charge is 0.236 e. The van der Waals surface area contributed by atoms with Gasteiger partial charge in [0.25, 0.3) is 0 Å². The van der Waals surface area contributed by atoms with Crippen molar-refractivity contribution in [3.63, 3.8) is 0 Å². The van der Waals surface area contributed by atoms with Gasteiger partial charge in [-0.15, -0.1) is 0 Å². The molecular weight excluding hydrogens is 196 g/mol. The first-order valence-electron chi connectivity index (χ1n) is 4.30. The van der Waals surface area contributed by atoms with E-state index in [9.17, 15) is 0 Å². The second-order valence-electron chi connectivity index (χ2n) is 3.09. The van der Waals surface area contributed by atoms with Gasteiger partial charge in [-0.1, -0.05) is 23.7 Å². The van der Waals surface area contributed by atoms with Gasteiger partial charge in [0.05, 0.1) is 0 Å². The molecule has 0 aliphatic heterocycles. The van der Waals surface area contributed by atoms with Crippen LogP contribution in [-0.4, -0.2) is 9.97 Å². The molecule has 1 aromatic heterocycles. The highest BCUT2D eigenvalue weighted by Gasteiger charge is 2.00. The van der Waals surface area contributed by atoms with E-state index in [0.29, 0.717) is 10.8 Å². The van der Waals surface area contributed by atoms with E-state index in [2.05, 4.69) is 9.97 Å². The number of rotatable bonds is 1. The van der Waals surface area contributed by atoms with E-state index in [1.807, 2.05) is 31.2 Å². The zero-order chi connectivity index (χ0) is 9.97. The van der Waals surface area contributed by atoms with Gasteiger partial charge in [0.15, 0.2) is 5.82 Å². The second-order valence-corrected chi connectivity index (χ2v) is 3.53. The van der Waals surface area contributed by atoms with Crippen molar-refractivity contribution in [2.24, 2.45) is 0 Å². The van der Waals surface area contributed by atoms with Crippen LogP contribution in [0.1, 0.15) is 5.56 Å². The van der Waals surface area contributed by atoms with E-state index in [1.54, 1.807) is 12.4 Å². The molecule has 0 fully saturated rings. The van der Waals surface area contributed by atoms with Crippen molar-refractivity contribution in [2.75, 3.05) is 0 Å². The van der Waals surface area contributed by atoms with E-state index >= 15 is 0 Å². The summed E-state index contributed by atoms with van der Waals surface area (Å²) < 4.78 is 0. The first kappa shape index (κ1) is 9.16. The molecule has 2 nitrogen and oxygen atoms in total. The molecule has 0 aliphatic rings. The Balaban J connectivity index is 2.44. The van der Waals surface area contributed by atoms with Crippen molar-refractivity contribution < 1.29 is 0 Å². The van der Waals surface area contributed by atoms with E-state index in [1.165, 1.54) is 0 Å². The van der Waals surface area contributed by atoms with Gasteiger partial charge in [-0.25, -0.2) is 9.97 Å². The maximum Gasteiger partial charge on any atom is 0.159 e. The van der Waals surface area contributed by atoms with Crippen LogP contribution in [0.4, 0.5) is 0 Å². The minimum atomic E-state index is 0.701. The zero-order valence-corrected chi connectivity index (χ0v) is 8.49. The summed E-state index contributed by atoms with van der Waals surface area (Å²) in [6.45, 7) is 1.96. The summed E-state index contributed by atoms with van der Waals surface area (Å²) in [6.07, 6.45) is 3.59. The maximum atomic E-state index is 5.87. The molecule has 70 valence electrons. The smallest absolute Gasteiger partial charge is 0.159 e. The first-order chi connectivity index (χ1) is 6.75. The van der Waals surface area contributed by atoms with Crippen LogP contribution in [0.5, 0.6) is 0 Å². The van der Waals surface area contributed by atoms with Crippen LogP contribution in [0.15, 0.2) is 36.7 Å². The summed E-state index contributed by atoms with van der Waals surface area (Å²) in [4.78, 5) is 8.44. The first-order valence-corrected chi connectivity index (χ1v) is 4.68. The molecular formula is C11H9ClN2. The van der Waals surface area contributed by atoms with Crippen LogP contribution < -0.4 is 0 Å². The molecule has 0 saturated heterocycles. The Morgan fingerprint density at radius 3 is 2.50 bits per heavy atom. The van der Waals surface area contributed by atoms with Gasteiger partial charge >= 0.3 is 0 Å². The van der Waals surface area contributed by atoms with Crippen LogP contribution in [0, 0.1) is 6.92 Å². The van der Waals surface area contributed by atoms with Gasteiger partial charge in [0, 0.05) is 23.0 Å². The van der Waals surface area contributed by atoms with E-state index < -0.39 is 0 Å². The normalized spacial score (nSPS) is 10.1. The fraction of sp³-hybridized carbons (Fsp3) is 0.0909. The summed E-state index contributed by atoms with van der Waals surface area (Å²) in [5, 5.41) is 0.701. The lowest BCUT2D eigenvalue weighted by Gasteiger charge is -1.99. The number of aromatic nitrogens is 2. The Hall–Kier alpha value is -1.41. The van der Waals surface area contributed by atoms with E-state index in [4.69, 9.17) is 11.6 Å². The third kappa shape index (κ3) is 1.91. The lowest BCUT2D eigenvalue weighted by molar-refractivity contribution is 1.14. The highest BCUT2D eigenvalue weighted by atomic mass is 35.5. The van der Waals surface area contributed by atoms with Gasteiger partial charge in [-0.3, -0.25) is 0 Å². The van der Waals surface area contributed by atoms with Gasteiger partial charge in [0.1, 0.15) is 0 Å². The zero-order valence-electron chi connectivity index (χ0n) is 7.74. The average Bonchev–Trinajstić information content (AvgIpc) is 2.19. The minimum Gasteiger partial charge on any atom is -0.236 e. The summed E-state index contributed by atoms with van der Waals surface area (Å²) in [5.74, 6) is 0.707. The van der Waals surface area contributed by atoms with E-state index in [0.717, 1.165) is 11.1 Å². The average molecular weight is 205 g/mol. The standard InChI is InChI=1S/C11H9ClN2/c1-8-6-13-11(14-7-8)9-3-2-4-10(12)5-9/h2-7H,1H3. The van der Waals surface area contributed by atoms with Crippen LogP contribution in [0.2, 0.25) is 5.02 Å². The summed E-state index contributed by atoms with van der Waals surface area (Å²) in [7, 11) is 0. The Morgan fingerprint density at radius 2 is 1.86 bits per heavy atom. The molecule has 2 rings (SSSR count). The number of benzene rings is 1. The molecule has 0 radical (unpaired) electrons. The second kappa shape index (κ2) is 3.76. The number of nitrogens with zero attached hydrogens (tertiary/aromatic N) is 2. The fourth-order valence-electron chi connectivity index (χ4n) is 1.17. The number of halogens is 1. The molecule has 0 unspecified atom stereocenters. The van der Waals surface area contributed by atoms with Crippen LogP contribution in [0.25, 0.3) is 11.4 Å². The van der Waals surface area contributed by atoms with Gasteiger partial charge in [-0.2, -0.15) is 0 Å². The Bertz CT molecular complexity index is 437. The molecule has 1 heterocycles. The van der Waals surface area contributed by atoms with Crippen molar-refractivity contribution in [1.82, 2.24) is 9.97 Å². The SMILES string of the molecule is Cc1cnc(-c2cccc(Cl)c2)nc1. The van der Waals surface area contributed by atoms with Gasteiger partial charge in [-0.05, 0) is 24.6 Å². The number of hydrogen-bond donors (Lipinski definition) is 0. The Labute approximate surface area is 87.6 Å². The summed E-state index contributed by atoms with van der Waals surface area (Å²) in [5.41, 5.74) is 1.99. The summed E-state index contributed by atoms with van der Waals surface area (Å²) in [6, 6.07) is 7.52. The van der Waals surface area contributed by atoms with Crippen molar-refractivity contribution in [3.05, 3.63) is 47.2 Å². The highest BCUT2D eigenvalue weighted by molar-refractivity contribution is 6.30. The van der Waals surface area contributed by atoms with E-state index in [-0.39, 0.29) is 0 Å². The highest BCUT2D eigenvalue weighted by Crippen LogP contribution is 2.18. The minimum absolute atomic E-state index is 0.701. The lowest BCUT2D eigenvalue weighted by Crippen LogP contribution is -1.88. The molecule has 0 N–H and O–H groups in total. The molecule has 0 bridgehead atoms. The fourth-order valence-corrected chi connectivity index (χ4v) is 1.36. The number of hydrogen-bond acceptors (Lipinski definition) is 2.